The van der Waals surface area contributed by atoms with Crippen molar-refractivity contribution in [2.45, 2.75) is 102 Å². The van der Waals surface area contributed by atoms with Crippen molar-refractivity contribution < 1.29 is 23.0 Å². The second-order valence-electron chi connectivity index (χ2n) is 9.93. The molecular weight excluding hydrogens is 389 g/mol. The zero-order valence-corrected chi connectivity index (χ0v) is 18.0. The summed E-state index contributed by atoms with van der Waals surface area (Å²) in [6, 6.07) is 5.55. The van der Waals surface area contributed by atoms with Gasteiger partial charge in [0.05, 0.1) is 0 Å². The van der Waals surface area contributed by atoms with Crippen molar-refractivity contribution in [3.8, 4) is 5.75 Å². The normalized spacial score (nSPS) is 34.8. The Morgan fingerprint density at radius 2 is 1.63 bits per heavy atom. The van der Waals surface area contributed by atoms with E-state index in [0.29, 0.717) is 5.92 Å². The number of rotatable bonds is 4. The molecule has 2 aliphatic carbocycles. The van der Waals surface area contributed by atoms with E-state index in [1.807, 2.05) is 12.1 Å². The Labute approximate surface area is 178 Å². The molecular formula is C25H35F3O2. The van der Waals surface area contributed by atoms with Crippen molar-refractivity contribution in [3.05, 3.63) is 29.3 Å². The number of fused-ring (bicyclic) bond motifs is 1. The highest BCUT2D eigenvalue weighted by atomic mass is 19.4. The minimum absolute atomic E-state index is 0.169. The Balaban J connectivity index is 1.33. The Morgan fingerprint density at radius 1 is 1.00 bits per heavy atom. The topological polar surface area (TPSA) is 29.5 Å². The van der Waals surface area contributed by atoms with Gasteiger partial charge in [0.15, 0.2) is 0 Å². The summed E-state index contributed by atoms with van der Waals surface area (Å²) in [5.41, 5.74) is 2.01. The molecule has 1 atom stereocenters. The molecule has 2 nitrogen and oxygen atoms in total. The van der Waals surface area contributed by atoms with Crippen LogP contribution in [0.2, 0.25) is 0 Å². The van der Waals surface area contributed by atoms with Crippen LogP contribution in [-0.2, 0) is 6.42 Å². The number of aliphatic hydroxyl groups is 1. The van der Waals surface area contributed by atoms with E-state index in [0.717, 1.165) is 23.3 Å². The minimum Gasteiger partial charge on any atom is -0.453 e. The number of hydrogen-bond donors (Lipinski definition) is 1. The van der Waals surface area contributed by atoms with Gasteiger partial charge in [0.2, 0.25) is 0 Å². The van der Waals surface area contributed by atoms with Crippen LogP contribution in [0.15, 0.2) is 18.2 Å². The first-order chi connectivity index (χ1) is 14.3. The molecule has 1 aliphatic heterocycles. The van der Waals surface area contributed by atoms with Crippen LogP contribution in [0.5, 0.6) is 5.75 Å². The molecule has 2 saturated carbocycles. The molecule has 4 rings (SSSR count). The average Bonchev–Trinajstić information content (AvgIpc) is 2.74. The minimum atomic E-state index is -4.78. The Bertz CT molecular complexity index is 716. The smallest absolute Gasteiger partial charge is 0.453 e. The molecule has 5 heteroatoms. The van der Waals surface area contributed by atoms with E-state index >= 15 is 0 Å². The van der Waals surface area contributed by atoms with Gasteiger partial charge in [0, 0.05) is 6.42 Å². The lowest BCUT2D eigenvalue weighted by atomic mass is 9.68. The highest BCUT2D eigenvalue weighted by Gasteiger charge is 2.57. The Hall–Kier alpha value is -1.23. The van der Waals surface area contributed by atoms with Gasteiger partial charge in [-0.25, -0.2) is 0 Å². The van der Waals surface area contributed by atoms with E-state index < -0.39 is 18.4 Å². The number of benzene rings is 1. The molecule has 0 radical (unpaired) electrons. The fraction of sp³-hybridized carbons (Fsp3) is 0.760. The maximum absolute atomic E-state index is 13.1. The van der Waals surface area contributed by atoms with Gasteiger partial charge in [0.25, 0.3) is 0 Å². The van der Waals surface area contributed by atoms with Crippen LogP contribution < -0.4 is 4.74 Å². The second kappa shape index (κ2) is 8.72. The first-order valence-corrected chi connectivity index (χ1v) is 11.9. The van der Waals surface area contributed by atoms with E-state index in [2.05, 4.69) is 6.92 Å². The fourth-order valence-corrected chi connectivity index (χ4v) is 6.17. The monoisotopic (exact) mass is 424 g/mol. The molecule has 1 aromatic carbocycles. The Kier molecular flexibility index (Phi) is 6.39. The highest BCUT2D eigenvalue weighted by molar-refractivity contribution is 5.40. The molecule has 0 bridgehead atoms. The summed E-state index contributed by atoms with van der Waals surface area (Å²) in [6.07, 6.45) is 8.18. The molecule has 1 unspecified atom stereocenters. The van der Waals surface area contributed by atoms with Crippen LogP contribution in [0.1, 0.15) is 94.6 Å². The number of ether oxygens (including phenoxy) is 1. The zero-order valence-electron chi connectivity index (χ0n) is 18.0. The number of alkyl halides is 3. The lowest BCUT2D eigenvalue weighted by molar-refractivity contribution is -0.340. The van der Waals surface area contributed by atoms with Crippen LogP contribution in [0.3, 0.4) is 0 Å². The van der Waals surface area contributed by atoms with Crippen molar-refractivity contribution in [3.63, 3.8) is 0 Å². The maximum Gasteiger partial charge on any atom is 0.455 e. The van der Waals surface area contributed by atoms with E-state index in [-0.39, 0.29) is 12.2 Å². The van der Waals surface area contributed by atoms with Crippen LogP contribution in [0.4, 0.5) is 13.2 Å². The van der Waals surface area contributed by atoms with Gasteiger partial charge in [-0.2, -0.15) is 13.2 Å². The van der Waals surface area contributed by atoms with E-state index in [1.54, 1.807) is 6.07 Å². The summed E-state index contributed by atoms with van der Waals surface area (Å²) in [6.45, 7) is 2.29. The van der Waals surface area contributed by atoms with Gasteiger partial charge in [-0.15, -0.1) is 0 Å². The summed E-state index contributed by atoms with van der Waals surface area (Å²) < 4.78 is 44.2. The lowest BCUT2D eigenvalue weighted by Gasteiger charge is -2.38. The van der Waals surface area contributed by atoms with E-state index in [9.17, 15) is 18.3 Å². The standard InChI is InChI=1S/C25H35F3O2/c1-2-3-17-4-6-18(7-5-17)19-8-10-20(11-9-19)21-12-13-23-22(16-21)14-15-24(29,30-23)25(26,27)28/h12-13,16-20,29H,2-11,14-15H2,1H3. The van der Waals surface area contributed by atoms with Crippen molar-refractivity contribution in [1.82, 2.24) is 0 Å². The number of aryl methyl sites for hydroxylation is 1. The summed E-state index contributed by atoms with van der Waals surface area (Å²) in [5, 5.41) is 9.82. The third-order valence-electron chi connectivity index (χ3n) is 8.04. The molecule has 0 aromatic heterocycles. The molecule has 30 heavy (non-hydrogen) atoms. The SMILES string of the molecule is CCCC1CCC(C2CCC(c3ccc4c(c3)CCC(O)(C(F)(F)F)O4)CC2)CC1. The second-order valence-corrected chi connectivity index (χ2v) is 9.93. The van der Waals surface area contributed by atoms with Crippen molar-refractivity contribution >= 4 is 0 Å². The van der Waals surface area contributed by atoms with Gasteiger partial charge >= 0.3 is 12.0 Å². The van der Waals surface area contributed by atoms with Crippen LogP contribution in [-0.4, -0.2) is 17.1 Å². The summed E-state index contributed by atoms with van der Waals surface area (Å²) in [5.74, 6) is 0.307. The van der Waals surface area contributed by atoms with Crippen molar-refractivity contribution in [1.29, 1.82) is 0 Å². The molecule has 168 valence electrons. The average molecular weight is 425 g/mol. The van der Waals surface area contributed by atoms with Gasteiger partial charge in [0.1, 0.15) is 5.75 Å². The Morgan fingerprint density at radius 3 is 2.23 bits per heavy atom. The molecule has 1 aromatic rings. The zero-order chi connectivity index (χ0) is 21.4. The molecule has 1 N–H and O–H groups in total. The van der Waals surface area contributed by atoms with Gasteiger partial charge in [-0.05, 0) is 85.8 Å². The summed E-state index contributed by atoms with van der Waals surface area (Å²) in [7, 11) is 0. The van der Waals surface area contributed by atoms with Gasteiger partial charge < -0.3 is 9.84 Å². The molecule has 0 amide bonds. The van der Waals surface area contributed by atoms with Gasteiger partial charge in [-0.1, -0.05) is 44.7 Å². The third-order valence-corrected chi connectivity index (χ3v) is 8.04. The quantitative estimate of drug-likeness (QED) is 0.556. The summed E-state index contributed by atoms with van der Waals surface area (Å²) in [4.78, 5) is 0. The molecule has 0 saturated heterocycles. The van der Waals surface area contributed by atoms with E-state index in [1.165, 1.54) is 69.8 Å². The molecule has 3 aliphatic rings. The molecule has 1 heterocycles. The maximum atomic E-state index is 13.1. The predicted octanol–water partition coefficient (Wildman–Crippen LogP) is 7.14. The van der Waals surface area contributed by atoms with Gasteiger partial charge in [-0.3, -0.25) is 0 Å². The van der Waals surface area contributed by atoms with E-state index in [4.69, 9.17) is 4.74 Å². The predicted molar refractivity (Wildman–Crippen MR) is 111 cm³/mol. The number of halogens is 3. The first kappa shape index (κ1) is 22.0. The van der Waals surface area contributed by atoms with Crippen LogP contribution in [0, 0.1) is 17.8 Å². The largest absolute Gasteiger partial charge is 0.455 e. The molecule has 0 spiro atoms. The first-order valence-electron chi connectivity index (χ1n) is 11.9. The number of hydrogen-bond acceptors (Lipinski definition) is 2. The highest BCUT2D eigenvalue weighted by Crippen LogP contribution is 2.46. The third kappa shape index (κ3) is 4.51. The molecule has 2 fully saturated rings. The van der Waals surface area contributed by atoms with Crippen LogP contribution >= 0.6 is 0 Å². The summed E-state index contributed by atoms with van der Waals surface area (Å²) >= 11 is 0. The fourth-order valence-electron chi connectivity index (χ4n) is 6.17. The lowest BCUT2D eigenvalue weighted by Crippen LogP contribution is -2.52. The van der Waals surface area contributed by atoms with Crippen molar-refractivity contribution in [2.24, 2.45) is 17.8 Å². The van der Waals surface area contributed by atoms with Crippen LogP contribution in [0.25, 0.3) is 0 Å². The van der Waals surface area contributed by atoms with Crippen molar-refractivity contribution in [2.75, 3.05) is 0 Å².